The molecule has 9 heteroatoms. The molecule has 7 nitrogen and oxygen atoms in total. The Hall–Kier alpha value is -3.43. The fraction of sp³-hybridized carbons (Fsp3) is 0.259. The fourth-order valence-corrected chi connectivity index (χ4v) is 6.55. The molecule has 5 rings (SSSR count). The lowest BCUT2D eigenvalue weighted by Crippen LogP contribution is -2.34. The van der Waals surface area contributed by atoms with E-state index in [4.69, 9.17) is 4.98 Å². The van der Waals surface area contributed by atoms with Gasteiger partial charge < -0.3 is 10.2 Å². The highest BCUT2D eigenvalue weighted by Gasteiger charge is 2.26. The van der Waals surface area contributed by atoms with E-state index in [-0.39, 0.29) is 23.1 Å². The SMILES string of the molecule is CC(=O)N1CCc2c(sc3nc(SCC(=O)Nc4ccc(C)cc4C)n(-c4ccccc4)c(=O)c23)C1. The maximum Gasteiger partial charge on any atom is 0.267 e. The van der Waals surface area contributed by atoms with Gasteiger partial charge in [-0.2, -0.15) is 0 Å². The van der Waals surface area contributed by atoms with Crippen LogP contribution in [-0.4, -0.2) is 38.6 Å². The van der Waals surface area contributed by atoms with Crippen molar-refractivity contribution in [2.24, 2.45) is 0 Å². The Morgan fingerprint density at radius 3 is 2.64 bits per heavy atom. The normalized spacial score (nSPS) is 13.0. The molecule has 0 bridgehead atoms. The van der Waals surface area contributed by atoms with E-state index in [0.717, 1.165) is 27.3 Å². The molecule has 2 amide bonds. The first-order valence-corrected chi connectivity index (χ1v) is 13.5. The summed E-state index contributed by atoms with van der Waals surface area (Å²) in [6.07, 6.45) is 0.630. The third-order valence-electron chi connectivity index (χ3n) is 6.29. The Morgan fingerprint density at radius 2 is 1.92 bits per heavy atom. The van der Waals surface area contributed by atoms with Gasteiger partial charge in [-0.1, -0.05) is 47.7 Å². The van der Waals surface area contributed by atoms with Crippen LogP contribution in [0.4, 0.5) is 5.69 Å². The molecule has 1 aliphatic heterocycles. The highest BCUT2D eigenvalue weighted by atomic mass is 32.2. The maximum absolute atomic E-state index is 13.8. The number of aromatic nitrogens is 2. The summed E-state index contributed by atoms with van der Waals surface area (Å²) < 4.78 is 1.60. The van der Waals surface area contributed by atoms with Gasteiger partial charge in [0.25, 0.3) is 5.56 Å². The molecular weight excluding hydrogens is 492 g/mol. The first-order valence-electron chi connectivity index (χ1n) is 11.7. The fourth-order valence-electron chi connectivity index (χ4n) is 4.46. The standard InChI is InChI=1S/C27H26N4O3S2/c1-16-9-10-21(17(2)13-16)28-23(33)15-35-27-29-25-24(26(34)31(27)19-7-5-4-6-8-19)20-11-12-30(18(3)32)14-22(20)36-25/h4-10,13H,11-12,14-15H2,1-3H3,(H,28,33). The van der Waals surface area contributed by atoms with Gasteiger partial charge in [-0.15, -0.1) is 11.3 Å². The van der Waals surface area contributed by atoms with E-state index < -0.39 is 0 Å². The van der Waals surface area contributed by atoms with Crippen LogP contribution in [0.2, 0.25) is 0 Å². The van der Waals surface area contributed by atoms with E-state index in [9.17, 15) is 14.4 Å². The van der Waals surface area contributed by atoms with Gasteiger partial charge in [0.15, 0.2) is 5.16 Å². The van der Waals surface area contributed by atoms with Crippen molar-refractivity contribution in [3.8, 4) is 5.69 Å². The first kappa shape index (κ1) is 24.3. The van der Waals surface area contributed by atoms with Gasteiger partial charge in [0, 0.05) is 24.0 Å². The van der Waals surface area contributed by atoms with Crippen molar-refractivity contribution in [3.05, 3.63) is 80.5 Å². The number of nitrogens with one attached hydrogen (secondary N) is 1. The van der Waals surface area contributed by atoms with Gasteiger partial charge in [0.2, 0.25) is 11.8 Å². The largest absolute Gasteiger partial charge is 0.337 e. The van der Waals surface area contributed by atoms with Crippen molar-refractivity contribution in [2.45, 2.75) is 38.9 Å². The quantitative estimate of drug-likeness (QED) is 0.306. The van der Waals surface area contributed by atoms with E-state index in [1.165, 1.54) is 23.1 Å². The zero-order valence-corrected chi connectivity index (χ0v) is 22.0. The molecule has 0 saturated carbocycles. The van der Waals surface area contributed by atoms with Crippen molar-refractivity contribution >= 4 is 50.8 Å². The summed E-state index contributed by atoms with van der Waals surface area (Å²) in [5.41, 5.74) is 4.45. The smallest absolute Gasteiger partial charge is 0.267 e. The number of para-hydroxylation sites is 1. The topological polar surface area (TPSA) is 84.3 Å². The number of carbonyl (C=O) groups is 2. The monoisotopic (exact) mass is 518 g/mol. The molecule has 0 radical (unpaired) electrons. The second kappa shape index (κ2) is 9.91. The van der Waals surface area contributed by atoms with Crippen LogP contribution in [0.1, 0.15) is 28.5 Å². The molecule has 184 valence electrons. The van der Waals surface area contributed by atoms with Gasteiger partial charge in [-0.25, -0.2) is 4.98 Å². The number of fused-ring (bicyclic) bond motifs is 3. The van der Waals surface area contributed by atoms with Crippen molar-refractivity contribution in [2.75, 3.05) is 17.6 Å². The minimum Gasteiger partial charge on any atom is -0.337 e. The molecule has 0 fully saturated rings. The number of rotatable bonds is 5. The minimum atomic E-state index is -0.163. The van der Waals surface area contributed by atoms with Crippen molar-refractivity contribution < 1.29 is 9.59 Å². The molecule has 1 N–H and O–H groups in total. The third kappa shape index (κ3) is 4.68. The Bertz CT molecular complexity index is 1540. The first-order chi connectivity index (χ1) is 17.3. The van der Waals surface area contributed by atoms with Gasteiger partial charge in [0.1, 0.15) is 4.83 Å². The Kier molecular flexibility index (Phi) is 6.68. The molecule has 3 heterocycles. The molecule has 36 heavy (non-hydrogen) atoms. The summed E-state index contributed by atoms with van der Waals surface area (Å²) in [5, 5.41) is 4.05. The lowest BCUT2D eigenvalue weighted by Gasteiger charge is -2.25. The van der Waals surface area contributed by atoms with E-state index in [1.54, 1.807) is 16.4 Å². The number of hydrogen-bond donors (Lipinski definition) is 1. The van der Waals surface area contributed by atoms with Crippen LogP contribution in [-0.2, 0) is 22.6 Å². The zero-order valence-electron chi connectivity index (χ0n) is 20.3. The van der Waals surface area contributed by atoms with E-state index in [2.05, 4.69) is 5.32 Å². The molecule has 0 unspecified atom stereocenters. The molecule has 0 atom stereocenters. The average Bonchev–Trinajstić information content (AvgIpc) is 3.23. The molecular formula is C27H26N4O3S2. The number of thiophene rings is 1. The lowest BCUT2D eigenvalue weighted by molar-refractivity contribution is -0.129. The maximum atomic E-state index is 13.8. The number of nitrogens with zero attached hydrogens (tertiary/aromatic N) is 3. The summed E-state index contributed by atoms with van der Waals surface area (Å²) in [6, 6.07) is 15.3. The van der Waals surface area contributed by atoms with Crippen LogP contribution in [0.15, 0.2) is 58.5 Å². The van der Waals surface area contributed by atoms with E-state index in [0.29, 0.717) is 40.6 Å². The highest BCUT2D eigenvalue weighted by Crippen LogP contribution is 2.34. The molecule has 0 aliphatic carbocycles. The number of amides is 2. The van der Waals surface area contributed by atoms with Crippen molar-refractivity contribution in [1.29, 1.82) is 0 Å². The van der Waals surface area contributed by atoms with E-state index in [1.807, 2.05) is 62.4 Å². The summed E-state index contributed by atoms with van der Waals surface area (Å²) in [4.78, 5) is 46.9. The van der Waals surface area contributed by atoms with Crippen LogP contribution in [0.25, 0.3) is 15.9 Å². The number of benzene rings is 2. The highest BCUT2D eigenvalue weighted by molar-refractivity contribution is 7.99. The number of aryl methyl sites for hydroxylation is 2. The number of hydrogen-bond acceptors (Lipinski definition) is 6. The van der Waals surface area contributed by atoms with Crippen LogP contribution < -0.4 is 10.9 Å². The Morgan fingerprint density at radius 1 is 1.14 bits per heavy atom. The molecule has 0 saturated heterocycles. The van der Waals surface area contributed by atoms with Gasteiger partial charge in [0.05, 0.1) is 23.4 Å². The molecule has 1 aliphatic rings. The Labute approximate surface area is 217 Å². The summed E-state index contributed by atoms with van der Waals surface area (Å²) in [5.74, 6) is -0.0243. The third-order valence-corrected chi connectivity index (χ3v) is 8.34. The van der Waals surface area contributed by atoms with Gasteiger partial charge >= 0.3 is 0 Å². The second-order valence-electron chi connectivity index (χ2n) is 8.90. The van der Waals surface area contributed by atoms with E-state index >= 15 is 0 Å². The number of carbonyl (C=O) groups excluding carboxylic acids is 2. The van der Waals surface area contributed by atoms with Crippen LogP contribution in [0, 0.1) is 13.8 Å². The number of thioether (sulfide) groups is 1. The summed E-state index contributed by atoms with van der Waals surface area (Å²) in [6.45, 7) is 6.63. The second-order valence-corrected chi connectivity index (χ2v) is 10.9. The molecule has 0 spiro atoms. The summed E-state index contributed by atoms with van der Waals surface area (Å²) in [7, 11) is 0. The van der Waals surface area contributed by atoms with Gasteiger partial charge in [-0.3, -0.25) is 19.0 Å². The predicted molar refractivity (Wildman–Crippen MR) is 145 cm³/mol. The Balaban J connectivity index is 1.51. The van der Waals surface area contributed by atoms with Crippen molar-refractivity contribution in [3.63, 3.8) is 0 Å². The number of anilines is 1. The van der Waals surface area contributed by atoms with Crippen molar-refractivity contribution in [1.82, 2.24) is 14.5 Å². The molecule has 4 aromatic rings. The van der Waals surface area contributed by atoms with Crippen LogP contribution >= 0.6 is 23.1 Å². The van der Waals surface area contributed by atoms with Crippen LogP contribution in [0.3, 0.4) is 0 Å². The molecule has 2 aromatic heterocycles. The minimum absolute atomic E-state index is 0.0267. The lowest BCUT2D eigenvalue weighted by atomic mass is 10.1. The average molecular weight is 519 g/mol. The zero-order chi connectivity index (χ0) is 25.4. The predicted octanol–water partition coefficient (Wildman–Crippen LogP) is 4.70. The van der Waals surface area contributed by atoms with Crippen LogP contribution in [0.5, 0.6) is 0 Å². The molecule has 2 aromatic carbocycles. The van der Waals surface area contributed by atoms with Gasteiger partial charge in [-0.05, 0) is 49.6 Å². The summed E-state index contributed by atoms with van der Waals surface area (Å²) >= 11 is 2.70.